The average molecular weight is 367 g/mol. The Morgan fingerprint density at radius 1 is 1.46 bits per heavy atom. The van der Waals surface area contributed by atoms with Crippen molar-refractivity contribution in [1.29, 1.82) is 0 Å². The number of hydrogen-bond donors (Lipinski definition) is 1. The monoisotopic (exact) mass is 367 g/mol. The third-order valence-corrected chi connectivity index (χ3v) is 4.43. The van der Waals surface area contributed by atoms with Crippen LogP contribution in [0.5, 0.6) is 0 Å². The van der Waals surface area contributed by atoms with Crippen LogP contribution in [0.25, 0.3) is 0 Å². The highest BCUT2D eigenvalue weighted by atomic mass is 19.1. The van der Waals surface area contributed by atoms with E-state index in [1.165, 1.54) is 12.1 Å². The molecule has 1 aromatic rings. The first kappa shape index (κ1) is 18.0. The number of rotatable bonds is 4. The van der Waals surface area contributed by atoms with Gasteiger partial charge in [0.05, 0.1) is 35.6 Å². The van der Waals surface area contributed by atoms with Crippen LogP contribution < -0.4 is 5.32 Å². The Hall–Kier alpha value is -2.77. The van der Waals surface area contributed by atoms with E-state index in [4.69, 9.17) is 9.47 Å². The number of carbonyl (C=O) groups is 2. The van der Waals surface area contributed by atoms with Crippen LogP contribution in [-0.4, -0.2) is 32.3 Å². The molecule has 0 aromatic heterocycles. The molecule has 138 valence electrons. The predicted molar refractivity (Wildman–Crippen MR) is 84.8 cm³/mol. The van der Waals surface area contributed by atoms with Gasteiger partial charge in [-0.1, -0.05) is 12.1 Å². The largest absolute Gasteiger partial charge is 0.466 e. The highest BCUT2D eigenvalue weighted by Gasteiger charge is 2.44. The van der Waals surface area contributed by atoms with Gasteiger partial charge >= 0.3 is 11.9 Å². The molecule has 0 saturated carbocycles. The van der Waals surface area contributed by atoms with Gasteiger partial charge in [-0.05, 0) is 18.6 Å². The minimum absolute atomic E-state index is 0.0232. The molecule has 8 heteroatoms. The Kier molecular flexibility index (Phi) is 4.76. The molecule has 2 aliphatic rings. The second kappa shape index (κ2) is 6.86. The Morgan fingerprint density at radius 3 is 2.81 bits per heavy atom. The molecule has 2 heterocycles. The zero-order valence-corrected chi connectivity index (χ0v) is 14.1. The highest BCUT2D eigenvalue weighted by Crippen LogP contribution is 2.44. The van der Waals surface area contributed by atoms with Crippen molar-refractivity contribution in [1.82, 2.24) is 5.32 Å². The number of hydrogen-bond acceptors (Lipinski definition) is 5. The van der Waals surface area contributed by atoms with E-state index in [0.717, 1.165) is 20.1 Å². The molecular formula is C18H16F3NO4. The van der Waals surface area contributed by atoms with Gasteiger partial charge in [0.1, 0.15) is 25.3 Å². The number of carbonyl (C=O) groups excluding carboxylic acids is 2. The fourth-order valence-corrected chi connectivity index (χ4v) is 3.37. The summed E-state index contributed by atoms with van der Waals surface area (Å²) < 4.78 is 51.7. The quantitative estimate of drug-likeness (QED) is 0.829. The van der Waals surface area contributed by atoms with Gasteiger partial charge in [0.25, 0.3) is 0 Å². The van der Waals surface area contributed by atoms with Gasteiger partial charge in [-0.2, -0.15) is 0 Å². The van der Waals surface area contributed by atoms with Gasteiger partial charge in [0.2, 0.25) is 0 Å². The van der Waals surface area contributed by atoms with Gasteiger partial charge in [0, 0.05) is 5.56 Å². The van der Waals surface area contributed by atoms with Gasteiger partial charge in [0.15, 0.2) is 0 Å². The number of dihydropyridines is 1. The maximum atomic E-state index is 14.3. The molecule has 1 N–H and O–H groups in total. The Bertz CT molecular complexity index is 845. The Balaban J connectivity index is 2.31. The van der Waals surface area contributed by atoms with Gasteiger partial charge in [-0.15, -0.1) is 0 Å². The van der Waals surface area contributed by atoms with E-state index >= 15 is 0 Å². The fourth-order valence-electron chi connectivity index (χ4n) is 3.37. The molecule has 0 aliphatic carbocycles. The van der Waals surface area contributed by atoms with Crippen molar-refractivity contribution < 1.29 is 32.2 Å². The first-order valence-corrected chi connectivity index (χ1v) is 7.87. The lowest BCUT2D eigenvalue weighted by Crippen LogP contribution is -2.32. The van der Waals surface area contributed by atoms with Crippen LogP contribution in [0, 0.1) is 5.82 Å². The van der Waals surface area contributed by atoms with Crippen LogP contribution in [0.3, 0.4) is 0 Å². The number of alkyl halides is 2. The normalized spacial score (nSPS) is 20.5. The summed E-state index contributed by atoms with van der Waals surface area (Å²) in [4.78, 5) is 24.6. The second-order valence-corrected chi connectivity index (χ2v) is 5.90. The summed E-state index contributed by atoms with van der Waals surface area (Å²) in [6.45, 7) is -0.0526. The van der Waals surface area contributed by atoms with Crippen molar-refractivity contribution >= 4 is 11.9 Å². The first-order valence-electron chi connectivity index (χ1n) is 7.87. The topological polar surface area (TPSA) is 64.6 Å². The molecule has 0 saturated heterocycles. The van der Waals surface area contributed by atoms with Crippen molar-refractivity contribution in [3.63, 3.8) is 0 Å². The summed E-state index contributed by atoms with van der Waals surface area (Å²) in [5.74, 6) is -3.65. The maximum absolute atomic E-state index is 14.3. The van der Waals surface area contributed by atoms with Crippen molar-refractivity contribution in [3.05, 3.63) is 57.7 Å². The van der Waals surface area contributed by atoms with Crippen LogP contribution in [0.15, 0.2) is 40.7 Å². The van der Waals surface area contributed by atoms with Gasteiger partial charge in [-0.25, -0.2) is 22.8 Å². The van der Waals surface area contributed by atoms with Crippen LogP contribution in [0.2, 0.25) is 0 Å². The molecular weight excluding hydrogens is 351 g/mol. The molecule has 0 spiro atoms. The third-order valence-electron chi connectivity index (χ3n) is 4.43. The lowest BCUT2D eigenvalue weighted by Gasteiger charge is -2.29. The fraction of sp³-hybridized carbons (Fsp3) is 0.333. The van der Waals surface area contributed by atoms with Crippen LogP contribution in [0.4, 0.5) is 13.2 Å². The van der Waals surface area contributed by atoms with E-state index in [9.17, 15) is 22.8 Å². The highest BCUT2D eigenvalue weighted by molar-refractivity contribution is 6.01. The molecule has 2 aliphatic heterocycles. The zero-order valence-electron chi connectivity index (χ0n) is 14.1. The van der Waals surface area contributed by atoms with E-state index in [1.807, 2.05) is 0 Å². The summed E-state index contributed by atoms with van der Waals surface area (Å²) in [7, 11) is 1.10. The number of halogens is 3. The number of cyclic esters (lactones) is 1. The van der Waals surface area contributed by atoms with Crippen molar-refractivity contribution in [2.75, 3.05) is 20.4 Å². The molecule has 0 fully saturated rings. The van der Waals surface area contributed by atoms with Crippen molar-refractivity contribution in [2.45, 2.75) is 19.0 Å². The summed E-state index contributed by atoms with van der Waals surface area (Å²) >= 11 is 0. The molecule has 1 aromatic carbocycles. The standard InChI is InChI=1S/C18H16F3NO4/c1-8(20)13-9(4-3-5-10(13)21)14-15(17(23)25-2)11(6-19)22-12-7-26-18(24)16(12)14/h3-5,8,14,22H,6-7H2,1-2H3/t8-,14-/m0/s1. The SMILES string of the molecule is COC(=O)C1=C(CF)NC2=C(C(=O)OC2)[C@H]1c1cccc(F)c1[C@H](C)F. The number of esters is 2. The van der Waals surface area contributed by atoms with E-state index in [-0.39, 0.29) is 40.3 Å². The summed E-state index contributed by atoms with van der Waals surface area (Å²) in [5.41, 5.74) is -0.289. The molecule has 26 heavy (non-hydrogen) atoms. The minimum atomic E-state index is -1.71. The van der Waals surface area contributed by atoms with E-state index in [2.05, 4.69) is 5.32 Å². The Labute approximate surface area is 147 Å². The van der Waals surface area contributed by atoms with Gasteiger partial charge < -0.3 is 14.8 Å². The number of ether oxygens (including phenoxy) is 2. The number of allylic oxidation sites excluding steroid dienone is 1. The van der Waals surface area contributed by atoms with Crippen molar-refractivity contribution in [2.24, 2.45) is 0 Å². The van der Waals surface area contributed by atoms with Crippen molar-refractivity contribution in [3.8, 4) is 0 Å². The summed E-state index contributed by atoms with van der Waals surface area (Å²) in [6.07, 6.45) is -1.71. The van der Waals surface area contributed by atoms with E-state index < -0.39 is 36.5 Å². The summed E-state index contributed by atoms with van der Waals surface area (Å²) in [5, 5.41) is 2.67. The lowest BCUT2D eigenvalue weighted by atomic mass is 9.78. The average Bonchev–Trinajstić information content (AvgIpc) is 2.99. The number of methoxy groups -OCH3 is 1. The van der Waals surface area contributed by atoms with Crippen LogP contribution >= 0.6 is 0 Å². The molecule has 0 bridgehead atoms. The smallest absolute Gasteiger partial charge is 0.337 e. The minimum Gasteiger partial charge on any atom is -0.466 e. The van der Waals surface area contributed by atoms with Gasteiger partial charge in [-0.3, -0.25) is 0 Å². The van der Waals surface area contributed by atoms with E-state index in [0.29, 0.717) is 0 Å². The van der Waals surface area contributed by atoms with Crippen LogP contribution in [-0.2, 0) is 19.1 Å². The van der Waals surface area contributed by atoms with Crippen LogP contribution in [0.1, 0.15) is 30.1 Å². The zero-order chi connectivity index (χ0) is 19.0. The Morgan fingerprint density at radius 2 is 2.19 bits per heavy atom. The predicted octanol–water partition coefficient (Wildman–Crippen LogP) is 2.75. The van der Waals surface area contributed by atoms with E-state index in [1.54, 1.807) is 0 Å². The molecule has 0 amide bonds. The summed E-state index contributed by atoms with van der Waals surface area (Å²) in [6, 6.07) is 3.82. The lowest BCUT2D eigenvalue weighted by molar-refractivity contribution is -0.136. The molecule has 5 nitrogen and oxygen atoms in total. The number of nitrogens with one attached hydrogen (secondary N) is 1. The third kappa shape index (κ3) is 2.75. The number of benzene rings is 1. The molecule has 0 unspecified atom stereocenters. The first-order chi connectivity index (χ1) is 12.4. The second-order valence-electron chi connectivity index (χ2n) is 5.90. The molecule has 0 radical (unpaired) electrons. The molecule has 3 rings (SSSR count). The molecule has 2 atom stereocenters. The maximum Gasteiger partial charge on any atom is 0.337 e.